The number of hydrogen-bond donors (Lipinski definition) is 0. The number of nitrogens with zero attached hydrogens (tertiary/aromatic N) is 6. The molecule has 0 bridgehead atoms. The smallest absolute Gasteiger partial charge is 0.169 e. The van der Waals surface area contributed by atoms with Crippen molar-refractivity contribution >= 4 is 11.8 Å². The minimum absolute atomic E-state index is 0.103. The van der Waals surface area contributed by atoms with Crippen molar-refractivity contribution in [2.45, 2.75) is 17.3 Å². The maximum atomic E-state index is 4.32. The second-order valence-electron chi connectivity index (χ2n) is 4.37. The van der Waals surface area contributed by atoms with Crippen molar-refractivity contribution in [3.63, 3.8) is 0 Å². The molecule has 6 nitrogen and oxygen atoms in total. The van der Waals surface area contributed by atoms with Gasteiger partial charge in [0.25, 0.3) is 0 Å². The van der Waals surface area contributed by atoms with Gasteiger partial charge in [0, 0.05) is 19.4 Å². The van der Waals surface area contributed by atoms with Crippen LogP contribution in [0.15, 0.2) is 47.9 Å². The summed E-state index contributed by atoms with van der Waals surface area (Å²) in [5, 5.41) is 13.1. The number of aryl methyl sites for hydroxylation is 1. The van der Waals surface area contributed by atoms with Crippen LogP contribution in [0.2, 0.25) is 0 Å². The molecule has 1 atom stereocenters. The van der Waals surface area contributed by atoms with E-state index in [1.165, 1.54) is 0 Å². The molecule has 7 heteroatoms. The molecule has 3 rings (SSSR count). The topological polar surface area (TPSA) is 61.4 Å². The number of tetrazole rings is 1. The predicted octanol–water partition coefficient (Wildman–Crippen LogP) is 2.25. The highest BCUT2D eigenvalue weighted by atomic mass is 32.2. The highest BCUT2D eigenvalue weighted by Crippen LogP contribution is 2.32. The third-order valence-corrected chi connectivity index (χ3v) is 4.09. The van der Waals surface area contributed by atoms with Gasteiger partial charge in [-0.05, 0) is 29.5 Å². The van der Waals surface area contributed by atoms with Crippen molar-refractivity contribution in [3.8, 4) is 5.69 Å². The van der Waals surface area contributed by atoms with Crippen LogP contribution in [0.4, 0.5) is 0 Å². The Labute approximate surface area is 120 Å². The van der Waals surface area contributed by atoms with Gasteiger partial charge in [-0.2, -0.15) is 4.68 Å². The van der Waals surface area contributed by atoms with Crippen molar-refractivity contribution in [3.05, 3.63) is 48.5 Å². The maximum Gasteiger partial charge on any atom is 0.169 e. The fourth-order valence-electron chi connectivity index (χ4n) is 1.88. The maximum absolute atomic E-state index is 4.32. The van der Waals surface area contributed by atoms with Gasteiger partial charge in [-0.3, -0.25) is 0 Å². The summed E-state index contributed by atoms with van der Waals surface area (Å²) in [4.78, 5) is 4.32. The number of thioether (sulfide) groups is 1. The van der Waals surface area contributed by atoms with Gasteiger partial charge in [0.2, 0.25) is 0 Å². The molecule has 0 spiro atoms. The molecule has 0 N–H and O–H groups in total. The lowest BCUT2D eigenvalue weighted by atomic mass is 10.3. The summed E-state index contributed by atoms with van der Waals surface area (Å²) in [6, 6.07) is 9.88. The quantitative estimate of drug-likeness (QED) is 0.688. The number of para-hydroxylation sites is 1. The Bertz CT molecular complexity index is 690. The van der Waals surface area contributed by atoms with Crippen molar-refractivity contribution < 1.29 is 0 Å². The molecule has 1 aromatic carbocycles. The minimum Gasteiger partial charge on any atom is -0.329 e. The molecular formula is C13H14N6S. The van der Waals surface area contributed by atoms with E-state index in [0.29, 0.717) is 0 Å². The van der Waals surface area contributed by atoms with E-state index in [2.05, 4.69) is 27.4 Å². The minimum atomic E-state index is 0.103. The van der Waals surface area contributed by atoms with Crippen molar-refractivity contribution in [1.82, 2.24) is 29.8 Å². The number of aromatic nitrogens is 6. The first-order valence-corrected chi connectivity index (χ1v) is 7.11. The summed E-state index contributed by atoms with van der Waals surface area (Å²) < 4.78 is 3.75. The lowest BCUT2D eigenvalue weighted by molar-refractivity contribution is 0.755. The predicted molar refractivity (Wildman–Crippen MR) is 76.6 cm³/mol. The average Bonchev–Trinajstić information content (AvgIpc) is 3.09. The molecule has 20 heavy (non-hydrogen) atoms. The highest BCUT2D eigenvalue weighted by Gasteiger charge is 2.18. The van der Waals surface area contributed by atoms with Gasteiger partial charge in [0.1, 0.15) is 0 Å². The molecule has 0 aliphatic rings. The summed E-state index contributed by atoms with van der Waals surface area (Å²) >= 11 is 1.63. The van der Waals surface area contributed by atoms with E-state index in [0.717, 1.165) is 16.7 Å². The molecule has 0 saturated carbocycles. The summed E-state index contributed by atoms with van der Waals surface area (Å²) in [5.74, 6) is 0.809. The Hall–Kier alpha value is -2.15. The van der Waals surface area contributed by atoms with Gasteiger partial charge in [-0.25, -0.2) is 4.98 Å². The van der Waals surface area contributed by atoms with Gasteiger partial charge in [0.15, 0.2) is 11.0 Å². The fourth-order valence-corrected chi connectivity index (χ4v) is 2.79. The normalized spacial score (nSPS) is 12.5. The third kappa shape index (κ3) is 2.44. The zero-order valence-corrected chi connectivity index (χ0v) is 12.0. The molecule has 2 heterocycles. The summed E-state index contributed by atoms with van der Waals surface area (Å²) in [6.07, 6.45) is 3.71. The lowest BCUT2D eigenvalue weighted by Gasteiger charge is -2.10. The Morgan fingerprint density at radius 3 is 2.70 bits per heavy atom. The van der Waals surface area contributed by atoms with Crippen LogP contribution in [0.3, 0.4) is 0 Å². The van der Waals surface area contributed by atoms with E-state index in [4.69, 9.17) is 0 Å². The second kappa shape index (κ2) is 5.46. The van der Waals surface area contributed by atoms with Crippen molar-refractivity contribution in [1.29, 1.82) is 0 Å². The number of benzene rings is 1. The van der Waals surface area contributed by atoms with Gasteiger partial charge in [-0.15, -0.1) is 5.10 Å². The molecular weight excluding hydrogens is 272 g/mol. The van der Waals surface area contributed by atoms with Crippen LogP contribution in [0.1, 0.15) is 18.0 Å². The average molecular weight is 286 g/mol. The third-order valence-electron chi connectivity index (χ3n) is 2.92. The van der Waals surface area contributed by atoms with Gasteiger partial charge in [0.05, 0.1) is 10.9 Å². The zero-order valence-electron chi connectivity index (χ0n) is 11.2. The van der Waals surface area contributed by atoms with E-state index in [9.17, 15) is 0 Å². The summed E-state index contributed by atoms with van der Waals surface area (Å²) in [7, 11) is 1.97. The first-order valence-electron chi connectivity index (χ1n) is 6.23. The largest absolute Gasteiger partial charge is 0.329 e. The number of rotatable bonds is 4. The Morgan fingerprint density at radius 2 is 2.00 bits per heavy atom. The second-order valence-corrected chi connectivity index (χ2v) is 5.67. The highest BCUT2D eigenvalue weighted by molar-refractivity contribution is 7.99. The van der Waals surface area contributed by atoms with E-state index in [-0.39, 0.29) is 5.25 Å². The Balaban J connectivity index is 1.88. The molecule has 0 aliphatic carbocycles. The number of hydrogen-bond acceptors (Lipinski definition) is 5. The molecule has 3 aromatic rings. The van der Waals surface area contributed by atoms with Crippen molar-refractivity contribution in [2.75, 3.05) is 0 Å². The molecule has 0 radical (unpaired) electrons. The lowest BCUT2D eigenvalue weighted by Crippen LogP contribution is -2.05. The summed E-state index contributed by atoms with van der Waals surface area (Å²) in [6.45, 7) is 2.07. The van der Waals surface area contributed by atoms with Gasteiger partial charge in [-0.1, -0.05) is 30.0 Å². The first kappa shape index (κ1) is 12.9. The fraction of sp³-hybridized carbons (Fsp3) is 0.231. The molecule has 0 aliphatic heterocycles. The van der Waals surface area contributed by atoms with Crippen molar-refractivity contribution in [2.24, 2.45) is 7.05 Å². The summed E-state index contributed by atoms with van der Waals surface area (Å²) in [5.41, 5.74) is 0.958. The van der Waals surface area contributed by atoms with Crippen LogP contribution in [0.5, 0.6) is 0 Å². The monoisotopic (exact) mass is 286 g/mol. The molecule has 0 saturated heterocycles. The molecule has 0 amide bonds. The molecule has 102 valence electrons. The molecule has 0 fully saturated rings. The van der Waals surface area contributed by atoms with Crippen LogP contribution < -0.4 is 0 Å². The Kier molecular flexibility index (Phi) is 3.51. The van der Waals surface area contributed by atoms with Crippen LogP contribution in [-0.4, -0.2) is 29.8 Å². The molecule has 2 aromatic heterocycles. The van der Waals surface area contributed by atoms with E-state index >= 15 is 0 Å². The van der Waals surface area contributed by atoms with Gasteiger partial charge >= 0.3 is 0 Å². The van der Waals surface area contributed by atoms with Crippen LogP contribution in [0.25, 0.3) is 5.69 Å². The van der Waals surface area contributed by atoms with E-state index in [1.807, 2.05) is 48.1 Å². The number of imidazole rings is 1. The molecule has 1 unspecified atom stereocenters. The first-order chi connectivity index (χ1) is 9.75. The van der Waals surface area contributed by atoms with Crippen LogP contribution in [0, 0.1) is 0 Å². The Morgan fingerprint density at radius 1 is 1.20 bits per heavy atom. The SMILES string of the molecule is CC(Sc1nccn1C)c1nnnn1-c1ccccc1. The van der Waals surface area contributed by atoms with E-state index < -0.39 is 0 Å². The van der Waals surface area contributed by atoms with Gasteiger partial charge < -0.3 is 4.57 Å². The standard InChI is InChI=1S/C13H14N6S/c1-10(20-13-14-8-9-18(13)2)12-15-16-17-19(12)11-6-4-3-5-7-11/h3-10H,1-2H3. The van der Waals surface area contributed by atoms with E-state index in [1.54, 1.807) is 22.6 Å². The zero-order chi connectivity index (χ0) is 13.9. The van der Waals surface area contributed by atoms with Crippen LogP contribution >= 0.6 is 11.8 Å². The van der Waals surface area contributed by atoms with Crippen LogP contribution in [-0.2, 0) is 7.05 Å².